The van der Waals surface area contributed by atoms with Crippen LogP contribution >= 0.6 is 11.6 Å². The van der Waals surface area contributed by atoms with Gasteiger partial charge < -0.3 is 4.98 Å². The fraction of sp³-hybridized carbons (Fsp3) is 0.0667. The third-order valence-corrected chi connectivity index (χ3v) is 3.20. The third-order valence-electron chi connectivity index (χ3n) is 2.97. The van der Waals surface area contributed by atoms with Crippen LogP contribution in [0.4, 0.5) is 0 Å². The molecule has 0 fully saturated rings. The van der Waals surface area contributed by atoms with Crippen LogP contribution in [0.15, 0.2) is 54.7 Å². The Hall–Kier alpha value is -1.73. The van der Waals surface area contributed by atoms with Gasteiger partial charge >= 0.3 is 0 Å². The molecule has 0 amide bonds. The molecular weight excluding hydrogens is 230 g/mol. The molecule has 0 radical (unpaired) electrons. The Kier molecular flexibility index (Phi) is 2.62. The lowest BCUT2D eigenvalue weighted by molar-refractivity contribution is 1.21. The number of hydrogen-bond acceptors (Lipinski definition) is 0. The molecule has 2 aromatic carbocycles. The van der Waals surface area contributed by atoms with Gasteiger partial charge in [0.25, 0.3) is 0 Å². The minimum Gasteiger partial charge on any atom is -0.361 e. The van der Waals surface area contributed by atoms with Crippen molar-refractivity contribution >= 4 is 22.5 Å². The molecule has 1 aromatic heterocycles. The third kappa shape index (κ3) is 2.06. The maximum atomic E-state index is 6.04. The van der Waals surface area contributed by atoms with Crippen LogP contribution in [0.2, 0.25) is 5.02 Å². The van der Waals surface area contributed by atoms with Gasteiger partial charge in [-0.2, -0.15) is 0 Å². The lowest BCUT2D eigenvalue weighted by Crippen LogP contribution is -1.85. The molecule has 2 heteroatoms. The number of halogens is 1. The van der Waals surface area contributed by atoms with Crippen molar-refractivity contribution in [1.82, 2.24) is 4.98 Å². The molecule has 1 N–H and O–H groups in total. The molecule has 0 aliphatic rings. The zero-order chi connectivity index (χ0) is 11.7. The van der Waals surface area contributed by atoms with Crippen LogP contribution < -0.4 is 0 Å². The number of nitrogens with one attached hydrogen (secondary N) is 1. The highest BCUT2D eigenvalue weighted by Crippen LogP contribution is 2.24. The Morgan fingerprint density at radius 2 is 1.82 bits per heavy atom. The predicted octanol–water partition coefficient (Wildman–Crippen LogP) is 4.41. The van der Waals surface area contributed by atoms with Crippen molar-refractivity contribution in [2.45, 2.75) is 6.42 Å². The first-order valence-corrected chi connectivity index (χ1v) is 6.00. The molecule has 0 aliphatic heterocycles. The largest absolute Gasteiger partial charge is 0.361 e. The summed E-state index contributed by atoms with van der Waals surface area (Å²) in [5, 5.41) is 1.99. The Morgan fingerprint density at radius 1 is 1.00 bits per heavy atom. The Balaban J connectivity index is 2.03. The number of hydrogen-bond donors (Lipinski definition) is 1. The van der Waals surface area contributed by atoms with Crippen LogP contribution in [0, 0.1) is 0 Å². The van der Waals surface area contributed by atoms with E-state index >= 15 is 0 Å². The number of aromatic nitrogens is 1. The summed E-state index contributed by atoms with van der Waals surface area (Å²) in [6.07, 6.45) is 3.00. The quantitative estimate of drug-likeness (QED) is 0.684. The van der Waals surface area contributed by atoms with Crippen LogP contribution in [0.25, 0.3) is 10.9 Å². The van der Waals surface area contributed by atoms with Gasteiger partial charge in [0.2, 0.25) is 0 Å². The smallest absolute Gasteiger partial charge is 0.0457 e. The summed E-state index contributed by atoms with van der Waals surface area (Å²) >= 11 is 6.04. The molecule has 0 atom stereocenters. The van der Waals surface area contributed by atoms with Gasteiger partial charge in [-0.1, -0.05) is 41.9 Å². The SMILES string of the molecule is Clc1ccc2[nH]cc(Cc3ccccc3)c2c1. The van der Waals surface area contributed by atoms with Gasteiger partial charge in [0, 0.05) is 22.1 Å². The van der Waals surface area contributed by atoms with E-state index in [2.05, 4.69) is 35.4 Å². The average molecular weight is 242 g/mol. The summed E-state index contributed by atoms with van der Waals surface area (Å²) < 4.78 is 0. The first-order chi connectivity index (χ1) is 8.33. The number of rotatable bonds is 2. The van der Waals surface area contributed by atoms with Crippen LogP contribution in [0.1, 0.15) is 11.1 Å². The second-order valence-electron chi connectivity index (χ2n) is 4.17. The first kappa shape index (κ1) is 10.4. The van der Waals surface area contributed by atoms with Gasteiger partial charge in [-0.25, -0.2) is 0 Å². The topological polar surface area (TPSA) is 15.8 Å². The van der Waals surface area contributed by atoms with Crippen LogP contribution in [-0.2, 0) is 6.42 Å². The molecule has 0 spiro atoms. The van der Waals surface area contributed by atoms with E-state index in [0.717, 1.165) is 17.0 Å². The van der Waals surface area contributed by atoms with Gasteiger partial charge in [-0.05, 0) is 35.7 Å². The Morgan fingerprint density at radius 3 is 2.65 bits per heavy atom. The fourth-order valence-corrected chi connectivity index (χ4v) is 2.28. The van der Waals surface area contributed by atoms with Crippen molar-refractivity contribution in [2.24, 2.45) is 0 Å². The Labute approximate surface area is 105 Å². The van der Waals surface area contributed by atoms with Gasteiger partial charge in [-0.15, -0.1) is 0 Å². The number of aromatic amines is 1. The lowest BCUT2D eigenvalue weighted by atomic mass is 10.0. The molecule has 0 unspecified atom stereocenters. The second kappa shape index (κ2) is 4.27. The van der Waals surface area contributed by atoms with Crippen LogP contribution in [0.5, 0.6) is 0 Å². The standard InChI is InChI=1S/C15H12ClN/c16-13-6-7-15-14(9-13)12(10-17-15)8-11-4-2-1-3-5-11/h1-7,9-10,17H,8H2. The molecule has 0 saturated carbocycles. The molecule has 84 valence electrons. The fourth-order valence-electron chi connectivity index (χ4n) is 2.11. The molecule has 0 bridgehead atoms. The minimum absolute atomic E-state index is 0.784. The molecule has 3 aromatic rings. The number of benzene rings is 2. The van der Waals surface area contributed by atoms with Gasteiger partial charge in [0.1, 0.15) is 0 Å². The summed E-state index contributed by atoms with van der Waals surface area (Å²) in [5.74, 6) is 0. The zero-order valence-electron chi connectivity index (χ0n) is 9.28. The monoisotopic (exact) mass is 241 g/mol. The van der Waals surface area contributed by atoms with Crippen molar-refractivity contribution in [1.29, 1.82) is 0 Å². The minimum atomic E-state index is 0.784. The first-order valence-electron chi connectivity index (χ1n) is 5.62. The average Bonchev–Trinajstić information content (AvgIpc) is 2.73. The van der Waals surface area contributed by atoms with Crippen LogP contribution in [0.3, 0.4) is 0 Å². The van der Waals surface area contributed by atoms with Gasteiger partial charge in [0.15, 0.2) is 0 Å². The van der Waals surface area contributed by atoms with E-state index in [-0.39, 0.29) is 0 Å². The van der Waals surface area contributed by atoms with E-state index in [4.69, 9.17) is 11.6 Å². The molecule has 1 heterocycles. The van der Waals surface area contributed by atoms with E-state index in [1.807, 2.05) is 24.3 Å². The van der Waals surface area contributed by atoms with E-state index < -0.39 is 0 Å². The maximum Gasteiger partial charge on any atom is 0.0457 e. The van der Waals surface area contributed by atoms with E-state index in [1.165, 1.54) is 16.5 Å². The molecule has 3 rings (SSSR count). The molecular formula is C15H12ClN. The molecule has 0 aliphatic carbocycles. The summed E-state index contributed by atoms with van der Waals surface area (Å²) in [7, 11) is 0. The van der Waals surface area contributed by atoms with Gasteiger partial charge in [-0.3, -0.25) is 0 Å². The summed E-state index contributed by atoms with van der Waals surface area (Å²) in [5.41, 5.74) is 3.74. The number of fused-ring (bicyclic) bond motifs is 1. The highest BCUT2D eigenvalue weighted by molar-refractivity contribution is 6.31. The van der Waals surface area contributed by atoms with Crippen molar-refractivity contribution in [2.75, 3.05) is 0 Å². The summed E-state index contributed by atoms with van der Waals surface area (Å²) in [4.78, 5) is 3.28. The lowest BCUT2D eigenvalue weighted by Gasteiger charge is -2.00. The van der Waals surface area contributed by atoms with Crippen molar-refractivity contribution in [3.63, 3.8) is 0 Å². The predicted molar refractivity (Wildman–Crippen MR) is 72.6 cm³/mol. The molecule has 0 saturated heterocycles. The summed E-state index contributed by atoms with van der Waals surface area (Å²) in [6, 6.07) is 16.4. The van der Waals surface area contributed by atoms with E-state index in [1.54, 1.807) is 0 Å². The second-order valence-corrected chi connectivity index (χ2v) is 4.60. The van der Waals surface area contributed by atoms with E-state index in [0.29, 0.717) is 0 Å². The van der Waals surface area contributed by atoms with Crippen molar-refractivity contribution < 1.29 is 0 Å². The normalized spacial score (nSPS) is 10.9. The van der Waals surface area contributed by atoms with Gasteiger partial charge in [0.05, 0.1) is 0 Å². The van der Waals surface area contributed by atoms with Crippen molar-refractivity contribution in [3.05, 3.63) is 70.9 Å². The Bertz CT molecular complexity index is 640. The van der Waals surface area contributed by atoms with Crippen molar-refractivity contribution in [3.8, 4) is 0 Å². The van der Waals surface area contributed by atoms with Crippen LogP contribution in [-0.4, -0.2) is 4.98 Å². The highest BCUT2D eigenvalue weighted by Gasteiger charge is 2.04. The zero-order valence-corrected chi connectivity index (χ0v) is 10.0. The summed E-state index contributed by atoms with van der Waals surface area (Å²) in [6.45, 7) is 0. The highest BCUT2D eigenvalue weighted by atomic mass is 35.5. The van der Waals surface area contributed by atoms with E-state index in [9.17, 15) is 0 Å². The molecule has 1 nitrogen and oxygen atoms in total. The molecule has 17 heavy (non-hydrogen) atoms. The maximum absolute atomic E-state index is 6.04. The number of H-pyrrole nitrogens is 1.